The van der Waals surface area contributed by atoms with Crippen LogP contribution < -0.4 is 11.1 Å². The van der Waals surface area contributed by atoms with E-state index in [1.54, 1.807) is 29.0 Å². The molecule has 0 amide bonds. The van der Waals surface area contributed by atoms with E-state index >= 15 is 0 Å². The van der Waals surface area contributed by atoms with Crippen LogP contribution in [0.1, 0.15) is 21.6 Å². The molecule has 3 aromatic carbocycles. The minimum absolute atomic E-state index is 0.187. The molecule has 0 aliphatic carbocycles. The van der Waals surface area contributed by atoms with Gasteiger partial charge in [0, 0.05) is 42.3 Å². The molecule has 0 spiro atoms. The van der Waals surface area contributed by atoms with Gasteiger partial charge < -0.3 is 20.7 Å². The lowest BCUT2D eigenvalue weighted by molar-refractivity contribution is 0.0685. The van der Waals surface area contributed by atoms with Gasteiger partial charge in [-0.05, 0) is 59.2 Å². The minimum Gasteiger partial charge on any atom is -0.477 e. The lowest BCUT2D eigenvalue weighted by Gasteiger charge is -2.08. The number of rotatable bonds is 7. The van der Waals surface area contributed by atoms with Gasteiger partial charge in [-0.2, -0.15) is 0 Å². The van der Waals surface area contributed by atoms with E-state index in [4.69, 9.17) is 5.73 Å². The second-order valence-corrected chi connectivity index (χ2v) is 7.50. The summed E-state index contributed by atoms with van der Waals surface area (Å²) >= 11 is 0. The zero-order chi connectivity index (χ0) is 22.7. The zero-order valence-electron chi connectivity index (χ0n) is 17.1. The third-order valence-corrected chi connectivity index (χ3v) is 5.09. The number of carbonyl (C=O) groups is 1. The molecule has 4 aromatic rings. The molecular formula is C25H21F2N3O2. The van der Waals surface area contributed by atoms with Crippen molar-refractivity contribution in [3.63, 3.8) is 0 Å². The molecule has 32 heavy (non-hydrogen) atoms. The Bertz CT molecular complexity index is 1230. The Kier molecular flexibility index (Phi) is 5.89. The molecule has 5 nitrogen and oxygen atoms in total. The van der Waals surface area contributed by atoms with Crippen LogP contribution in [-0.2, 0) is 13.1 Å². The van der Waals surface area contributed by atoms with E-state index in [-0.39, 0.29) is 12.2 Å². The Labute approximate surface area is 183 Å². The van der Waals surface area contributed by atoms with Gasteiger partial charge in [0.2, 0.25) is 0 Å². The molecule has 0 saturated carbocycles. The SMILES string of the molecule is Nc1ccc(Cn2cc(-c3ccc(NCc4cc(F)cc(F)c4)cc3)cc2C(=O)O)cc1. The highest BCUT2D eigenvalue weighted by Gasteiger charge is 2.14. The monoisotopic (exact) mass is 433 g/mol. The summed E-state index contributed by atoms with van der Waals surface area (Å²) in [7, 11) is 0. The number of nitrogens with two attached hydrogens (primary N) is 1. The predicted molar refractivity (Wildman–Crippen MR) is 120 cm³/mol. The molecule has 0 bridgehead atoms. The van der Waals surface area contributed by atoms with Crippen molar-refractivity contribution in [1.82, 2.24) is 4.57 Å². The number of nitrogen functional groups attached to an aromatic ring is 1. The number of hydrogen-bond donors (Lipinski definition) is 3. The van der Waals surface area contributed by atoms with Crippen LogP contribution in [0.4, 0.5) is 20.2 Å². The van der Waals surface area contributed by atoms with Gasteiger partial charge in [0.15, 0.2) is 0 Å². The van der Waals surface area contributed by atoms with Crippen LogP contribution in [0.2, 0.25) is 0 Å². The first-order valence-electron chi connectivity index (χ1n) is 9.94. The minimum atomic E-state index is -1.01. The number of aromatic carboxylic acids is 1. The van der Waals surface area contributed by atoms with Gasteiger partial charge in [-0.1, -0.05) is 24.3 Å². The highest BCUT2D eigenvalue weighted by Crippen LogP contribution is 2.25. The largest absolute Gasteiger partial charge is 0.477 e. The van der Waals surface area contributed by atoms with Crippen LogP contribution >= 0.6 is 0 Å². The average Bonchev–Trinajstić information content (AvgIpc) is 3.18. The Balaban J connectivity index is 1.50. The van der Waals surface area contributed by atoms with E-state index in [9.17, 15) is 18.7 Å². The summed E-state index contributed by atoms with van der Waals surface area (Å²) in [6, 6.07) is 19.7. The highest BCUT2D eigenvalue weighted by molar-refractivity contribution is 5.88. The van der Waals surface area contributed by atoms with Gasteiger partial charge in [-0.3, -0.25) is 0 Å². The highest BCUT2D eigenvalue weighted by atomic mass is 19.1. The van der Waals surface area contributed by atoms with Gasteiger partial charge in [-0.25, -0.2) is 13.6 Å². The third-order valence-electron chi connectivity index (χ3n) is 5.09. The molecule has 0 saturated heterocycles. The van der Waals surface area contributed by atoms with Crippen molar-refractivity contribution in [2.45, 2.75) is 13.1 Å². The molecule has 7 heteroatoms. The molecule has 0 fully saturated rings. The Hall–Kier alpha value is -4.13. The standard InChI is InChI=1S/C25H21F2N3O2/c26-20-9-17(10-21(27)12-20)13-29-23-7-3-18(4-8-23)19-11-24(25(31)32)30(15-19)14-16-1-5-22(28)6-2-16/h1-12,15,29H,13-14,28H2,(H,31,32). The number of nitrogens with zero attached hydrogens (tertiary/aromatic N) is 1. The molecule has 1 aromatic heterocycles. The fraction of sp³-hybridized carbons (Fsp3) is 0.0800. The summed E-state index contributed by atoms with van der Waals surface area (Å²) in [6.45, 7) is 0.681. The lowest BCUT2D eigenvalue weighted by atomic mass is 10.1. The molecule has 0 radical (unpaired) electrons. The summed E-state index contributed by atoms with van der Waals surface area (Å²) in [5, 5.41) is 12.7. The lowest BCUT2D eigenvalue weighted by Crippen LogP contribution is -2.08. The van der Waals surface area contributed by atoms with Crippen molar-refractivity contribution in [2.24, 2.45) is 0 Å². The molecule has 4 N–H and O–H groups in total. The predicted octanol–water partition coefficient (Wildman–Crippen LogP) is 5.37. The summed E-state index contributed by atoms with van der Waals surface area (Å²) < 4.78 is 28.3. The number of carboxylic acids is 1. The Morgan fingerprint density at radius 3 is 2.16 bits per heavy atom. The van der Waals surface area contributed by atoms with Crippen LogP contribution in [0, 0.1) is 11.6 Å². The van der Waals surface area contributed by atoms with Crippen molar-refractivity contribution in [1.29, 1.82) is 0 Å². The number of nitrogens with one attached hydrogen (secondary N) is 1. The van der Waals surface area contributed by atoms with Crippen molar-refractivity contribution in [3.8, 4) is 11.1 Å². The van der Waals surface area contributed by atoms with Crippen LogP contribution in [0.3, 0.4) is 0 Å². The first-order valence-corrected chi connectivity index (χ1v) is 9.94. The number of benzene rings is 3. The Morgan fingerprint density at radius 2 is 1.53 bits per heavy atom. The fourth-order valence-corrected chi connectivity index (χ4v) is 3.50. The summed E-state index contributed by atoms with van der Waals surface area (Å²) in [5.41, 5.74) is 10.4. The zero-order valence-corrected chi connectivity index (χ0v) is 17.1. The molecular weight excluding hydrogens is 412 g/mol. The molecule has 4 rings (SSSR count). The van der Waals surface area contributed by atoms with Crippen LogP contribution in [0.15, 0.2) is 79.0 Å². The van der Waals surface area contributed by atoms with Gasteiger partial charge in [-0.15, -0.1) is 0 Å². The summed E-state index contributed by atoms with van der Waals surface area (Å²) in [5.74, 6) is -2.24. The molecule has 162 valence electrons. The van der Waals surface area contributed by atoms with Gasteiger partial charge >= 0.3 is 5.97 Å². The second kappa shape index (κ2) is 8.93. The van der Waals surface area contributed by atoms with Crippen molar-refractivity contribution in [3.05, 3.63) is 107 Å². The van der Waals surface area contributed by atoms with E-state index in [0.29, 0.717) is 17.8 Å². The Morgan fingerprint density at radius 1 is 0.875 bits per heavy atom. The number of hydrogen-bond acceptors (Lipinski definition) is 3. The fourth-order valence-electron chi connectivity index (χ4n) is 3.50. The van der Waals surface area contributed by atoms with Crippen LogP contribution in [0.5, 0.6) is 0 Å². The van der Waals surface area contributed by atoms with E-state index in [1.807, 2.05) is 36.4 Å². The molecule has 0 unspecified atom stereocenters. The molecule has 0 aliphatic rings. The van der Waals surface area contributed by atoms with Gasteiger partial charge in [0.05, 0.1) is 0 Å². The summed E-state index contributed by atoms with van der Waals surface area (Å²) in [6.07, 6.45) is 1.80. The summed E-state index contributed by atoms with van der Waals surface area (Å²) in [4.78, 5) is 11.7. The van der Waals surface area contributed by atoms with Crippen molar-refractivity contribution >= 4 is 17.3 Å². The van der Waals surface area contributed by atoms with E-state index in [1.165, 1.54) is 12.1 Å². The number of anilines is 2. The normalized spacial score (nSPS) is 10.8. The topological polar surface area (TPSA) is 80.3 Å². The van der Waals surface area contributed by atoms with Crippen molar-refractivity contribution < 1.29 is 18.7 Å². The third kappa shape index (κ3) is 4.95. The van der Waals surface area contributed by atoms with Gasteiger partial charge in [0.25, 0.3) is 0 Å². The van der Waals surface area contributed by atoms with Crippen molar-refractivity contribution in [2.75, 3.05) is 11.1 Å². The number of aromatic nitrogens is 1. The van der Waals surface area contributed by atoms with Gasteiger partial charge in [0.1, 0.15) is 17.3 Å². The molecule has 0 aliphatic heterocycles. The molecule has 0 atom stereocenters. The van der Waals surface area contributed by atoms with E-state index < -0.39 is 17.6 Å². The van der Waals surface area contributed by atoms with Crippen LogP contribution in [-0.4, -0.2) is 15.6 Å². The maximum absolute atomic E-state index is 13.3. The maximum Gasteiger partial charge on any atom is 0.352 e. The van der Waals surface area contributed by atoms with E-state index in [2.05, 4.69) is 5.32 Å². The van der Waals surface area contributed by atoms with Crippen LogP contribution in [0.25, 0.3) is 11.1 Å². The maximum atomic E-state index is 13.3. The van der Waals surface area contributed by atoms with E-state index in [0.717, 1.165) is 28.4 Å². The average molecular weight is 433 g/mol. The second-order valence-electron chi connectivity index (χ2n) is 7.50. The quantitative estimate of drug-likeness (QED) is 0.342. The number of carboxylic acid groups (broad SMARTS) is 1. The molecule has 1 heterocycles. The number of halogens is 2. The first kappa shape index (κ1) is 21.1. The smallest absolute Gasteiger partial charge is 0.352 e. The first-order chi connectivity index (χ1) is 15.4.